The molecule has 2 aromatic rings. The van der Waals surface area contributed by atoms with E-state index in [4.69, 9.17) is 10.5 Å². The summed E-state index contributed by atoms with van der Waals surface area (Å²) in [6.45, 7) is 0.570. The second kappa shape index (κ2) is 5.56. The van der Waals surface area contributed by atoms with E-state index in [1.165, 1.54) is 0 Å². The van der Waals surface area contributed by atoms with Crippen LogP contribution in [0.1, 0.15) is 5.56 Å². The number of ether oxygens (including phenoxy) is 1. The maximum absolute atomic E-state index is 9.86. The molecule has 3 N–H and O–H groups in total. The third-order valence-corrected chi connectivity index (χ3v) is 2.91. The molecule has 0 aliphatic rings. The second-order valence-corrected chi connectivity index (χ2v) is 4.08. The quantitative estimate of drug-likeness (QED) is 0.867. The van der Waals surface area contributed by atoms with Gasteiger partial charge in [0, 0.05) is 5.56 Å². The molecule has 0 heterocycles. The third-order valence-electron chi connectivity index (χ3n) is 2.91. The molecule has 0 saturated carbocycles. The Labute approximate surface area is 107 Å². The Hall–Kier alpha value is -2.00. The van der Waals surface area contributed by atoms with Gasteiger partial charge in [-0.3, -0.25) is 0 Å². The lowest BCUT2D eigenvalue weighted by molar-refractivity contribution is 0.410. The minimum absolute atomic E-state index is 0.279. The van der Waals surface area contributed by atoms with Gasteiger partial charge in [0.05, 0.1) is 7.11 Å². The smallest absolute Gasteiger partial charge is 0.123 e. The fraction of sp³-hybridized carbons (Fsp3) is 0.200. The van der Waals surface area contributed by atoms with Crippen molar-refractivity contribution >= 4 is 0 Å². The van der Waals surface area contributed by atoms with Crippen LogP contribution in [-0.4, -0.2) is 18.8 Å². The summed E-state index contributed by atoms with van der Waals surface area (Å²) in [5, 5.41) is 9.86. The molecule has 0 aliphatic carbocycles. The van der Waals surface area contributed by atoms with E-state index in [0.29, 0.717) is 6.54 Å². The van der Waals surface area contributed by atoms with Crippen LogP contribution in [0.25, 0.3) is 11.1 Å². The van der Waals surface area contributed by atoms with E-state index in [0.717, 1.165) is 28.9 Å². The Kier molecular flexibility index (Phi) is 3.85. The van der Waals surface area contributed by atoms with Gasteiger partial charge in [-0.1, -0.05) is 24.3 Å². The molecule has 0 bridgehead atoms. The predicted molar refractivity (Wildman–Crippen MR) is 72.9 cm³/mol. The summed E-state index contributed by atoms with van der Waals surface area (Å²) in [5.41, 5.74) is 8.44. The van der Waals surface area contributed by atoms with E-state index in [1.54, 1.807) is 13.2 Å². The molecule has 0 spiro atoms. The van der Waals surface area contributed by atoms with Crippen molar-refractivity contribution in [1.29, 1.82) is 0 Å². The number of benzene rings is 2. The Morgan fingerprint density at radius 2 is 1.94 bits per heavy atom. The lowest BCUT2D eigenvalue weighted by atomic mass is 10.00. The molecule has 18 heavy (non-hydrogen) atoms. The van der Waals surface area contributed by atoms with E-state index in [1.807, 2.05) is 36.4 Å². The van der Waals surface area contributed by atoms with Crippen molar-refractivity contribution in [3.63, 3.8) is 0 Å². The topological polar surface area (TPSA) is 55.5 Å². The zero-order chi connectivity index (χ0) is 13.0. The highest BCUT2D eigenvalue weighted by atomic mass is 16.5. The molecule has 94 valence electrons. The van der Waals surface area contributed by atoms with Crippen LogP contribution in [-0.2, 0) is 6.42 Å². The molecular formula is C15H17NO2. The molecular weight excluding hydrogens is 226 g/mol. The van der Waals surface area contributed by atoms with Gasteiger partial charge in [0.1, 0.15) is 11.5 Å². The normalized spacial score (nSPS) is 10.3. The number of phenolic OH excluding ortho intramolecular Hbond substituents is 1. The van der Waals surface area contributed by atoms with Gasteiger partial charge in [-0.25, -0.2) is 0 Å². The van der Waals surface area contributed by atoms with E-state index >= 15 is 0 Å². The van der Waals surface area contributed by atoms with Crippen LogP contribution >= 0.6 is 0 Å². The number of methoxy groups -OCH3 is 1. The van der Waals surface area contributed by atoms with Crippen LogP contribution in [0.3, 0.4) is 0 Å². The van der Waals surface area contributed by atoms with Gasteiger partial charge in [0.2, 0.25) is 0 Å². The zero-order valence-corrected chi connectivity index (χ0v) is 10.4. The molecule has 0 fully saturated rings. The van der Waals surface area contributed by atoms with Crippen molar-refractivity contribution in [1.82, 2.24) is 0 Å². The first-order chi connectivity index (χ1) is 8.76. The van der Waals surface area contributed by atoms with Crippen LogP contribution in [0.2, 0.25) is 0 Å². The molecule has 0 atom stereocenters. The Balaban J connectivity index is 2.47. The highest BCUT2D eigenvalue weighted by Crippen LogP contribution is 2.32. The largest absolute Gasteiger partial charge is 0.507 e. The number of para-hydroxylation sites is 1. The first kappa shape index (κ1) is 12.5. The summed E-state index contributed by atoms with van der Waals surface area (Å²) in [6.07, 6.45) is 0.755. The number of rotatable bonds is 4. The lowest BCUT2D eigenvalue weighted by Crippen LogP contribution is -2.04. The third kappa shape index (κ3) is 2.46. The Morgan fingerprint density at radius 3 is 2.61 bits per heavy atom. The standard InChI is InChI=1S/C15H17NO2/c1-18-15-7-6-11(10-12(15)8-9-16)13-4-2-3-5-14(13)17/h2-7,10,17H,8-9,16H2,1H3. The van der Waals surface area contributed by atoms with Gasteiger partial charge >= 0.3 is 0 Å². The molecule has 2 rings (SSSR count). The van der Waals surface area contributed by atoms with Gasteiger partial charge in [0.25, 0.3) is 0 Å². The van der Waals surface area contributed by atoms with Gasteiger partial charge in [-0.2, -0.15) is 0 Å². The molecule has 0 saturated heterocycles. The maximum Gasteiger partial charge on any atom is 0.123 e. The maximum atomic E-state index is 9.86. The van der Waals surface area contributed by atoms with E-state index < -0.39 is 0 Å². The van der Waals surface area contributed by atoms with Crippen molar-refractivity contribution in [2.45, 2.75) is 6.42 Å². The van der Waals surface area contributed by atoms with E-state index in [9.17, 15) is 5.11 Å². The first-order valence-electron chi connectivity index (χ1n) is 5.91. The molecule has 0 aromatic heterocycles. The SMILES string of the molecule is COc1ccc(-c2ccccc2O)cc1CCN. The van der Waals surface area contributed by atoms with Crippen molar-refractivity contribution in [3.8, 4) is 22.6 Å². The summed E-state index contributed by atoms with van der Waals surface area (Å²) in [4.78, 5) is 0. The van der Waals surface area contributed by atoms with Gasteiger partial charge in [0.15, 0.2) is 0 Å². The van der Waals surface area contributed by atoms with Crippen molar-refractivity contribution in [3.05, 3.63) is 48.0 Å². The van der Waals surface area contributed by atoms with E-state index in [2.05, 4.69) is 0 Å². The molecule has 0 aliphatic heterocycles. The summed E-state index contributed by atoms with van der Waals surface area (Å²) in [5.74, 6) is 1.11. The monoisotopic (exact) mass is 243 g/mol. The fourth-order valence-corrected chi connectivity index (χ4v) is 2.01. The number of hydrogen-bond acceptors (Lipinski definition) is 3. The summed E-state index contributed by atoms with van der Waals surface area (Å²) >= 11 is 0. The van der Waals surface area contributed by atoms with Gasteiger partial charge < -0.3 is 15.6 Å². The molecule has 0 amide bonds. The van der Waals surface area contributed by atoms with Gasteiger partial charge in [-0.15, -0.1) is 0 Å². The highest BCUT2D eigenvalue weighted by Gasteiger charge is 2.07. The zero-order valence-electron chi connectivity index (χ0n) is 10.4. The fourth-order valence-electron chi connectivity index (χ4n) is 2.01. The average Bonchev–Trinajstić information content (AvgIpc) is 2.40. The second-order valence-electron chi connectivity index (χ2n) is 4.08. The summed E-state index contributed by atoms with van der Waals surface area (Å²) in [6, 6.07) is 13.2. The summed E-state index contributed by atoms with van der Waals surface area (Å²) in [7, 11) is 1.65. The Morgan fingerprint density at radius 1 is 1.17 bits per heavy atom. The molecule has 3 nitrogen and oxygen atoms in total. The number of aromatic hydroxyl groups is 1. The Bertz CT molecular complexity index is 538. The van der Waals surface area contributed by atoms with Crippen LogP contribution in [0.15, 0.2) is 42.5 Å². The minimum Gasteiger partial charge on any atom is -0.507 e. The lowest BCUT2D eigenvalue weighted by Gasteiger charge is -2.11. The molecule has 2 aromatic carbocycles. The van der Waals surface area contributed by atoms with Crippen molar-refractivity contribution in [2.24, 2.45) is 5.73 Å². The van der Waals surface area contributed by atoms with Gasteiger partial charge in [-0.05, 0) is 42.3 Å². The number of phenols is 1. The van der Waals surface area contributed by atoms with Crippen LogP contribution in [0, 0.1) is 0 Å². The first-order valence-corrected chi connectivity index (χ1v) is 5.91. The molecule has 0 unspecified atom stereocenters. The van der Waals surface area contributed by atoms with Crippen LogP contribution in [0.5, 0.6) is 11.5 Å². The van der Waals surface area contributed by atoms with E-state index in [-0.39, 0.29) is 5.75 Å². The summed E-state index contributed by atoms with van der Waals surface area (Å²) < 4.78 is 5.30. The van der Waals surface area contributed by atoms with Crippen molar-refractivity contribution < 1.29 is 9.84 Å². The van der Waals surface area contributed by atoms with Crippen molar-refractivity contribution in [2.75, 3.05) is 13.7 Å². The number of hydrogen-bond donors (Lipinski definition) is 2. The molecule has 3 heteroatoms. The molecule has 0 radical (unpaired) electrons. The minimum atomic E-state index is 0.279. The highest BCUT2D eigenvalue weighted by molar-refractivity contribution is 5.71. The predicted octanol–water partition coefficient (Wildman–Crippen LogP) is 2.57. The van der Waals surface area contributed by atoms with Crippen LogP contribution in [0.4, 0.5) is 0 Å². The average molecular weight is 243 g/mol. The van der Waals surface area contributed by atoms with Crippen LogP contribution < -0.4 is 10.5 Å². The number of nitrogens with two attached hydrogens (primary N) is 1.